The van der Waals surface area contributed by atoms with Crippen molar-refractivity contribution in [1.82, 2.24) is 9.88 Å². The predicted octanol–water partition coefficient (Wildman–Crippen LogP) is 4.57. The lowest BCUT2D eigenvalue weighted by Crippen LogP contribution is -2.44. The Balaban J connectivity index is 1.57. The lowest BCUT2D eigenvalue weighted by Gasteiger charge is -2.34. The Hall–Kier alpha value is -3.41. The second-order valence-corrected chi connectivity index (χ2v) is 8.62. The largest absolute Gasteiger partial charge is 0.497 e. The summed E-state index contributed by atoms with van der Waals surface area (Å²) in [5.74, 6) is 0.980. The fraction of sp³-hybridized carbons (Fsp3) is 0.346. The van der Waals surface area contributed by atoms with E-state index in [9.17, 15) is 9.59 Å². The number of carbonyl (C=O) groups is 2. The fourth-order valence-corrected chi connectivity index (χ4v) is 4.42. The molecule has 1 aromatic heterocycles. The molecule has 3 aromatic rings. The number of piperidine rings is 1. The molecule has 1 aliphatic rings. The van der Waals surface area contributed by atoms with Crippen LogP contribution in [0.5, 0.6) is 5.75 Å². The van der Waals surface area contributed by atoms with Crippen molar-refractivity contribution in [3.8, 4) is 17.0 Å². The number of pyridine rings is 1. The average molecular weight is 433 g/mol. The summed E-state index contributed by atoms with van der Waals surface area (Å²) in [6.07, 6.45) is 1.11. The summed E-state index contributed by atoms with van der Waals surface area (Å²) in [5.41, 5.74) is 2.61. The van der Waals surface area contributed by atoms with Gasteiger partial charge in [0.2, 0.25) is 0 Å². The van der Waals surface area contributed by atoms with Crippen LogP contribution in [0.2, 0.25) is 0 Å². The van der Waals surface area contributed by atoms with Crippen molar-refractivity contribution in [3.63, 3.8) is 0 Å². The van der Waals surface area contributed by atoms with E-state index in [-0.39, 0.29) is 12.5 Å². The van der Waals surface area contributed by atoms with Crippen LogP contribution in [0.25, 0.3) is 22.2 Å². The van der Waals surface area contributed by atoms with E-state index in [2.05, 4.69) is 13.8 Å². The number of para-hydroxylation sites is 1. The van der Waals surface area contributed by atoms with E-state index >= 15 is 0 Å². The molecule has 6 nitrogen and oxygen atoms in total. The van der Waals surface area contributed by atoms with Gasteiger partial charge in [0.1, 0.15) is 5.75 Å². The maximum absolute atomic E-state index is 13.0. The number of hydrogen-bond acceptors (Lipinski definition) is 5. The molecule has 2 atom stereocenters. The maximum Gasteiger partial charge on any atom is 0.339 e. The summed E-state index contributed by atoms with van der Waals surface area (Å²) in [7, 11) is 1.61. The van der Waals surface area contributed by atoms with Gasteiger partial charge in [0.05, 0.1) is 23.9 Å². The van der Waals surface area contributed by atoms with E-state index in [1.54, 1.807) is 18.1 Å². The molecule has 32 heavy (non-hydrogen) atoms. The first-order valence-corrected chi connectivity index (χ1v) is 10.9. The first kappa shape index (κ1) is 21.8. The molecule has 0 aliphatic carbocycles. The number of aromatic nitrogens is 1. The van der Waals surface area contributed by atoms with Crippen LogP contribution in [-0.4, -0.2) is 48.6 Å². The molecule has 0 spiro atoms. The predicted molar refractivity (Wildman–Crippen MR) is 124 cm³/mol. The SMILES string of the molecule is COc1ccc(-c2cc(C(=O)OCC(=O)N3CC(C)CC(C)C3)c3ccccc3n2)cc1. The summed E-state index contributed by atoms with van der Waals surface area (Å²) in [6.45, 7) is 5.45. The zero-order valence-corrected chi connectivity index (χ0v) is 18.7. The Morgan fingerprint density at radius 2 is 1.72 bits per heavy atom. The van der Waals surface area contributed by atoms with Crippen molar-refractivity contribution < 1.29 is 19.1 Å². The van der Waals surface area contributed by atoms with E-state index in [0.717, 1.165) is 17.7 Å². The van der Waals surface area contributed by atoms with Gasteiger partial charge in [-0.1, -0.05) is 32.0 Å². The van der Waals surface area contributed by atoms with Gasteiger partial charge in [0.15, 0.2) is 6.61 Å². The number of likely N-dealkylation sites (tertiary alicyclic amines) is 1. The lowest BCUT2D eigenvalue weighted by molar-refractivity contribution is -0.137. The Morgan fingerprint density at radius 3 is 2.41 bits per heavy atom. The van der Waals surface area contributed by atoms with Gasteiger partial charge in [-0.05, 0) is 54.7 Å². The molecule has 2 unspecified atom stereocenters. The number of methoxy groups -OCH3 is 1. The van der Waals surface area contributed by atoms with Crippen LogP contribution in [-0.2, 0) is 9.53 Å². The third-order valence-electron chi connectivity index (χ3n) is 5.87. The zero-order valence-electron chi connectivity index (χ0n) is 18.7. The molecule has 4 rings (SSSR count). The molecule has 1 amide bonds. The summed E-state index contributed by atoms with van der Waals surface area (Å²) in [4.78, 5) is 32.2. The quantitative estimate of drug-likeness (QED) is 0.553. The van der Waals surface area contributed by atoms with Gasteiger partial charge >= 0.3 is 5.97 Å². The van der Waals surface area contributed by atoms with Crippen molar-refractivity contribution in [2.75, 3.05) is 26.8 Å². The number of carbonyl (C=O) groups excluding carboxylic acids is 2. The third-order valence-corrected chi connectivity index (χ3v) is 5.87. The molecule has 1 fully saturated rings. The highest BCUT2D eigenvalue weighted by atomic mass is 16.5. The highest BCUT2D eigenvalue weighted by Crippen LogP contribution is 2.27. The van der Waals surface area contributed by atoms with Gasteiger partial charge in [-0.2, -0.15) is 0 Å². The Bertz CT molecular complexity index is 1120. The number of nitrogens with zero attached hydrogens (tertiary/aromatic N) is 2. The fourth-order valence-electron chi connectivity index (χ4n) is 4.42. The number of rotatable bonds is 5. The molecule has 1 saturated heterocycles. The molecule has 0 radical (unpaired) electrons. The van der Waals surface area contributed by atoms with E-state index < -0.39 is 5.97 Å². The van der Waals surface area contributed by atoms with Gasteiger partial charge < -0.3 is 14.4 Å². The molecule has 2 heterocycles. The number of amides is 1. The normalized spacial score (nSPS) is 18.4. The van der Waals surface area contributed by atoms with Crippen LogP contribution in [0.15, 0.2) is 54.6 Å². The smallest absolute Gasteiger partial charge is 0.339 e. The maximum atomic E-state index is 13.0. The first-order valence-electron chi connectivity index (χ1n) is 10.9. The summed E-state index contributed by atoms with van der Waals surface area (Å²) >= 11 is 0. The summed E-state index contributed by atoms with van der Waals surface area (Å²) < 4.78 is 10.7. The van der Waals surface area contributed by atoms with Crippen LogP contribution in [0.4, 0.5) is 0 Å². The minimum atomic E-state index is -0.523. The molecule has 6 heteroatoms. The molecule has 0 N–H and O–H groups in total. The van der Waals surface area contributed by atoms with Gasteiger partial charge in [0, 0.05) is 24.0 Å². The van der Waals surface area contributed by atoms with E-state index in [4.69, 9.17) is 14.5 Å². The number of esters is 1. The minimum Gasteiger partial charge on any atom is -0.497 e. The van der Waals surface area contributed by atoms with Crippen molar-refractivity contribution in [3.05, 3.63) is 60.2 Å². The Morgan fingerprint density at radius 1 is 1.03 bits per heavy atom. The van der Waals surface area contributed by atoms with Crippen LogP contribution in [0.1, 0.15) is 30.6 Å². The van der Waals surface area contributed by atoms with Crippen LogP contribution >= 0.6 is 0 Å². The second kappa shape index (κ2) is 9.39. The highest BCUT2D eigenvalue weighted by Gasteiger charge is 2.26. The van der Waals surface area contributed by atoms with Crippen LogP contribution in [0.3, 0.4) is 0 Å². The van der Waals surface area contributed by atoms with Crippen molar-refractivity contribution >= 4 is 22.8 Å². The van der Waals surface area contributed by atoms with Gasteiger partial charge in [0.25, 0.3) is 5.91 Å². The summed E-state index contributed by atoms with van der Waals surface area (Å²) in [5, 5.41) is 0.697. The highest BCUT2D eigenvalue weighted by molar-refractivity contribution is 6.05. The molecule has 0 saturated carbocycles. The number of fused-ring (bicyclic) bond motifs is 1. The van der Waals surface area contributed by atoms with Crippen LogP contribution < -0.4 is 4.74 Å². The van der Waals surface area contributed by atoms with E-state index in [1.807, 2.05) is 48.5 Å². The lowest BCUT2D eigenvalue weighted by atomic mass is 9.92. The van der Waals surface area contributed by atoms with Crippen molar-refractivity contribution in [1.29, 1.82) is 0 Å². The molecule has 0 bridgehead atoms. The van der Waals surface area contributed by atoms with Gasteiger partial charge in [-0.15, -0.1) is 0 Å². The minimum absolute atomic E-state index is 0.148. The zero-order chi connectivity index (χ0) is 22.7. The average Bonchev–Trinajstić information content (AvgIpc) is 2.81. The standard InChI is InChI=1S/C26H28N2O4/c1-17-12-18(2)15-28(14-17)25(29)16-32-26(30)22-13-24(19-8-10-20(31-3)11-9-19)27-23-7-5-4-6-21(22)23/h4-11,13,17-18H,12,14-16H2,1-3H3. The number of hydrogen-bond donors (Lipinski definition) is 0. The Kier molecular flexibility index (Phi) is 6.40. The third kappa shape index (κ3) is 4.74. The van der Waals surface area contributed by atoms with Gasteiger partial charge in [-0.3, -0.25) is 4.79 Å². The first-order chi connectivity index (χ1) is 15.4. The molecular formula is C26H28N2O4. The molecule has 1 aliphatic heterocycles. The molecule has 166 valence electrons. The molecule has 2 aromatic carbocycles. The second-order valence-electron chi connectivity index (χ2n) is 8.62. The summed E-state index contributed by atoms with van der Waals surface area (Å²) in [6, 6.07) is 16.7. The molecular weight excluding hydrogens is 404 g/mol. The Labute approximate surface area is 188 Å². The monoisotopic (exact) mass is 432 g/mol. The number of benzene rings is 2. The number of ether oxygens (including phenoxy) is 2. The van der Waals surface area contributed by atoms with Gasteiger partial charge in [-0.25, -0.2) is 9.78 Å². The topological polar surface area (TPSA) is 68.7 Å². The van der Waals surface area contributed by atoms with E-state index in [0.29, 0.717) is 47.1 Å². The van der Waals surface area contributed by atoms with Crippen LogP contribution in [0, 0.1) is 11.8 Å². The van der Waals surface area contributed by atoms with Crippen molar-refractivity contribution in [2.45, 2.75) is 20.3 Å². The van der Waals surface area contributed by atoms with Crippen molar-refractivity contribution in [2.24, 2.45) is 11.8 Å². The van der Waals surface area contributed by atoms with E-state index in [1.165, 1.54) is 0 Å².